The quantitative estimate of drug-likeness (QED) is 0.270. The van der Waals surface area contributed by atoms with Crippen LogP contribution in [0, 0.1) is 0 Å². The van der Waals surface area contributed by atoms with Crippen molar-refractivity contribution in [3.8, 4) is 11.1 Å². The van der Waals surface area contributed by atoms with Gasteiger partial charge in [-0.2, -0.15) is 13.2 Å². The number of halogens is 3. The molecule has 0 spiro atoms. The van der Waals surface area contributed by atoms with E-state index in [9.17, 15) is 23.1 Å². The van der Waals surface area contributed by atoms with E-state index in [1.54, 1.807) is 17.0 Å². The molecule has 1 aliphatic heterocycles. The smallest absolute Gasteiger partial charge is 0.454 e. The van der Waals surface area contributed by atoms with E-state index >= 15 is 0 Å². The lowest BCUT2D eigenvalue weighted by atomic mass is 9.94. The number of thiophene rings is 1. The van der Waals surface area contributed by atoms with Crippen molar-refractivity contribution in [3.63, 3.8) is 0 Å². The van der Waals surface area contributed by atoms with Gasteiger partial charge in [-0.15, -0.1) is 11.3 Å². The maximum Gasteiger partial charge on any atom is 0.454 e. The molecule has 4 aromatic carbocycles. The number of alkyl halides is 3. The van der Waals surface area contributed by atoms with E-state index in [0.717, 1.165) is 31.3 Å². The van der Waals surface area contributed by atoms with Crippen molar-refractivity contribution in [1.29, 1.82) is 0 Å². The number of hydrogen-bond donors (Lipinski definition) is 1. The van der Waals surface area contributed by atoms with Crippen molar-refractivity contribution >= 4 is 54.4 Å². The Morgan fingerprint density at radius 1 is 0.806 bits per heavy atom. The van der Waals surface area contributed by atoms with Gasteiger partial charge in [0.05, 0.1) is 22.5 Å². The van der Waals surface area contributed by atoms with Gasteiger partial charge in [0, 0.05) is 32.3 Å². The molecule has 0 atom stereocenters. The van der Waals surface area contributed by atoms with Gasteiger partial charge in [0.25, 0.3) is 5.78 Å². The summed E-state index contributed by atoms with van der Waals surface area (Å²) >= 11 is 1.51. The fraction of sp³-hybridized carbons (Fsp3) is 0.0690. The van der Waals surface area contributed by atoms with Crippen LogP contribution >= 0.6 is 11.3 Å². The number of carbonyl (C=O) groups is 1. The largest absolute Gasteiger partial charge is 0.507 e. The molecule has 0 radical (unpaired) electrons. The molecule has 1 N–H and O–H groups in total. The molecule has 2 heterocycles. The molecule has 0 unspecified atom stereocenters. The Bertz CT molecular complexity index is 1690. The zero-order valence-corrected chi connectivity index (χ0v) is 19.5. The molecule has 0 saturated carbocycles. The molecular formula is C29H18F3NO2S. The van der Waals surface area contributed by atoms with Crippen molar-refractivity contribution < 1.29 is 23.1 Å². The summed E-state index contributed by atoms with van der Waals surface area (Å²) in [6.07, 6.45) is -5.10. The number of aliphatic hydroxyl groups is 1. The highest BCUT2D eigenvalue weighted by Gasteiger charge is 2.45. The molecule has 5 aromatic rings. The summed E-state index contributed by atoms with van der Waals surface area (Å²) in [4.78, 5) is 14.1. The highest BCUT2D eigenvalue weighted by molar-refractivity contribution is 7.26. The first-order valence-electron chi connectivity index (χ1n) is 11.2. The SMILES string of the molecule is O=C(C1=C(O)c2ccc3c(sc4ccccc43)c2N(c2ccccc2-c2ccccc2)C1)C(F)(F)F. The molecule has 0 fully saturated rings. The lowest BCUT2D eigenvalue weighted by molar-refractivity contribution is -0.166. The molecule has 1 aromatic heterocycles. The third-order valence-electron chi connectivity index (χ3n) is 6.46. The molecule has 0 aliphatic carbocycles. The van der Waals surface area contributed by atoms with Crippen molar-refractivity contribution in [2.75, 3.05) is 11.4 Å². The first kappa shape index (κ1) is 22.4. The number of para-hydroxylation sites is 1. The number of carbonyl (C=O) groups excluding carboxylic acids is 1. The second-order valence-corrected chi connectivity index (χ2v) is 9.61. The molecule has 0 bridgehead atoms. The summed E-state index contributed by atoms with van der Waals surface area (Å²) in [6.45, 7) is -0.408. The molecule has 3 nitrogen and oxygen atoms in total. The summed E-state index contributed by atoms with van der Waals surface area (Å²) in [7, 11) is 0. The monoisotopic (exact) mass is 501 g/mol. The molecule has 0 amide bonds. The fourth-order valence-electron chi connectivity index (χ4n) is 4.84. The highest BCUT2D eigenvalue weighted by Crippen LogP contribution is 2.49. The molecule has 7 heteroatoms. The normalized spacial score (nSPS) is 13.9. The van der Waals surface area contributed by atoms with Crippen LogP contribution in [-0.2, 0) is 4.79 Å². The minimum Gasteiger partial charge on any atom is -0.507 e. The maximum atomic E-state index is 13.5. The Morgan fingerprint density at radius 2 is 1.50 bits per heavy atom. The van der Waals surface area contributed by atoms with Crippen LogP contribution in [0.4, 0.5) is 24.5 Å². The molecule has 6 rings (SSSR count). The Hall–Kier alpha value is -4.10. The van der Waals surface area contributed by atoms with Gasteiger partial charge in [-0.05, 0) is 23.8 Å². The number of nitrogens with zero attached hydrogens (tertiary/aromatic N) is 1. The van der Waals surface area contributed by atoms with Gasteiger partial charge >= 0.3 is 6.18 Å². The van der Waals surface area contributed by atoms with E-state index in [2.05, 4.69) is 0 Å². The third-order valence-corrected chi connectivity index (χ3v) is 7.65. The Kier molecular flexibility index (Phi) is 5.12. The standard InChI is InChI=1S/C29H18F3NO2S/c30-29(31,32)28(35)22-16-33(23-12-6-4-10-18(23)17-8-2-1-3-9-17)25-21(26(22)34)15-14-20-19-11-5-7-13-24(19)36-27(20)25/h1-15,34H,16H2. The van der Waals surface area contributed by atoms with Crippen LogP contribution in [0.3, 0.4) is 0 Å². The number of hydrogen-bond acceptors (Lipinski definition) is 4. The highest BCUT2D eigenvalue weighted by atomic mass is 32.1. The van der Waals surface area contributed by atoms with Crippen LogP contribution in [-0.4, -0.2) is 23.6 Å². The van der Waals surface area contributed by atoms with Gasteiger partial charge in [-0.25, -0.2) is 0 Å². The van der Waals surface area contributed by atoms with E-state index in [0.29, 0.717) is 11.4 Å². The van der Waals surface area contributed by atoms with E-state index in [-0.39, 0.29) is 5.56 Å². The number of ketones is 1. The zero-order valence-electron chi connectivity index (χ0n) is 18.7. The van der Waals surface area contributed by atoms with Crippen LogP contribution < -0.4 is 4.90 Å². The Labute approximate surface area is 208 Å². The van der Waals surface area contributed by atoms with E-state index in [1.807, 2.05) is 78.9 Å². The second-order valence-electron chi connectivity index (χ2n) is 8.56. The van der Waals surface area contributed by atoms with Crippen LogP contribution in [0.1, 0.15) is 5.56 Å². The zero-order chi connectivity index (χ0) is 25.0. The summed E-state index contributed by atoms with van der Waals surface area (Å²) in [5.41, 5.74) is 2.47. The van der Waals surface area contributed by atoms with Gasteiger partial charge in [0.15, 0.2) is 0 Å². The average Bonchev–Trinajstić information content (AvgIpc) is 3.27. The number of aliphatic hydroxyl groups excluding tert-OH is 1. The fourth-order valence-corrected chi connectivity index (χ4v) is 6.09. The van der Waals surface area contributed by atoms with Gasteiger partial charge < -0.3 is 10.0 Å². The van der Waals surface area contributed by atoms with Gasteiger partial charge in [0.2, 0.25) is 0 Å². The Balaban J connectivity index is 1.68. The predicted molar refractivity (Wildman–Crippen MR) is 139 cm³/mol. The first-order valence-corrected chi connectivity index (χ1v) is 12.1. The minimum absolute atomic E-state index is 0.204. The topological polar surface area (TPSA) is 40.5 Å². The van der Waals surface area contributed by atoms with Crippen molar-refractivity contribution in [2.45, 2.75) is 6.18 Å². The maximum absolute atomic E-state index is 13.5. The van der Waals surface area contributed by atoms with E-state index in [1.165, 1.54) is 11.3 Å². The number of rotatable bonds is 3. The molecule has 1 aliphatic rings. The van der Waals surface area contributed by atoms with Gasteiger partial charge in [-0.1, -0.05) is 72.8 Å². The summed E-state index contributed by atoms with van der Waals surface area (Å²) in [6, 6.07) is 28.2. The van der Waals surface area contributed by atoms with E-state index in [4.69, 9.17) is 0 Å². The van der Waals surface area contributed by atoms with Crippen LogP contribution in [0.25, 0.3) is 37.1 Å². The number of Topliss-reactive ketones (excluding diaryl/α,β-unsaturated/α-hetero) is 1. The number of fused-ring (bicyclic) bond motifs is 5. The average molecular weight is 502 g/mol. The Morgan fingerprint density at radius 3 is 2.28 bits per heavy atom. The number of anilines is 2. The third kappa shape index (κ3) is 3.46. The lowest BCUT2D eigenvalue weighted by Gasteiger charge is -2.34. The van der Waals surface area contributed by atoms with Crippen molar-refractivity contribution in [1.82, 2.24) is 0 Å². The van der Waals surface area contributed by atoms with Crippen LogP contribution in [0.15, 0.2) is 96.6 Å². The summed E-state index contributed by atoms with van der Waals surface area (Å²) in [5, 5.41) is 12.9. The van der Waals surface area contributed by atoms with Crippen LogP contribution in [0.5, 0.6) is 0 Å². The van der Waals surface area contributed by atoms with Gasteiger partial charge in [-0.3, -0.25) is 4.79 Å². The summed E-state index contributed by atoms with van der Waals surface area (Å²) in [5.74, 6) is -2.66. The summed E-state index contributed by atoms with van der Waals surface area (Å²) < 4.78 is 42.5. The molecule has 36 heavy (non-hydrogen) atoms. The van der Waals surface area contributed by atoms with Crippen molar-refractivity contribution in [3.05, 3.63) is 102 Å². The predicted octanol–water partition coefficient (Wildman–Crippen LogP) is 8.27. The molecule has 178 valence electrons. The molecular weight excluding hydrogens is 483 g/mol. The van der Waals surface area contributed by atoms with Crippen molar-refractivity contribution in [2.24, 2.45) is 0 Å². The number of benzene rings is 4. The minimum atomic E-state index is -5.10. The second kappa shape index (κ2) is 8.24. The van der Waals surface area contributed by atoms with Crippen LogP contribution in [0.2, 0.25) is 0 Å². The molecule has 0 saturated heterocycles. The van der Waals surface area contributed by atoms with E-state index < -0.39 is 29.8 Å². The lowest BCUT2D eigenvalue weighted by Crippen LogP contribution is -2.35. The van der Waals surface area contributed by atoms with Gasteiger partial charge in [0.1, 0.15) is 5.76 Å². The first-order chi connectivity index (χ1) is 17.3.